The summed E-state index contributed by atoms with van der Waals surface area (Å²) in [6.07, 6.45) is 1.77. The normalized spacial score (nSPS) is 12.5. The highest BCUT2D eigenvalue weighted by Crippen LogP contribution is 2.31. The molecule has 0 saturated heterocycles. The molecule has 136 valence electrons. The van der Waals surface area contributed by atoms with Gasteiger partial charge in [-0.2, -0.15) is 5.10 Å². The third kappa shape index (κ3) is 3.19. The molecule has 0 spiro atoms. The number of pyridine rings is 1. The third-order valence-electron chi connectivity index (χ3n) is 4.78. The average Bonchev–Trinajstić information content (AvgIpc) is 2.96. The van der Waals surface area contributed by atoms with Crippen LogP contribution in [0.15, 0.2) is 42.6 Å². The predicted octanol–water partition coefficient (Wildman–Crippen LogP) is 4.75. The monoisotopic (exact) mass is 377 g/mol. The summed E-state index contributed by atoms with van der Waals surface area (Å²) < 4.78 is 1.92. The van der Waals surface area contributed by atoms with Gasteiger partial charge < -0.3 is 0 Å². The van der Waals surface area contributed by atoms with Crippen LogP contribution in [0.5, 0.6) is 0 Å². The number of benzene rings is 1. The van der Waals surface area contributed by atoms with Crippen molar-refractivity contribution < 1.29 is 0 Å². The smallest absolute Gasteiger partial charge is 0.153 e. The van der Waals surface area contributed by atoms with Crippen molar-refractivity contribution in [3.8, 4) is 0 Å². The van der Waals surface area contributed by atoms with Gasteiger partial charge in [-0.05, 0) is 69.2 Å². The van der Waals surface area contributed by atoms with E-state index in [9.17, 15) is 0 Å². The molecule has 4 aromatic rings. The van der Waals surface area contributed by atoms with E-state index in [4.69, 9.17) is 16.6 Å². The molecule has 6 heteroatoms. The lowest BCUT2D eigenvalue weighted by Gasteiger charge is -2.20. The second-order valence-corrected chi connectivity index (χ2v) is 7.21. The highest BCUT2D eigenvalue weighted by molar-refractivity contribution is 6.30. The highest BCUT2D eigenvalue weighted by Gasteiger charge is 2.26. The maximum absolute atomic E-state index is 6.61. The Labute approximate surface area is 163 Å². The molecule has 0 aliphatic rings. The summed E-state index contributed by atoms with van der Waals surface area (Å²) in [5, 5.41) is 5.04. The molecule has 0 saturated carbocycles. The molecular formula is C21H20ClN5. The zero-order valence-electron chi connectivity index (χ0n) is 15.7. The molecule has 0 aliphatic carbocycles. The van der Waals surface area contributed by atoms with Gasteiger partial charge in [0.2, 0.25) is 0 Å². The quantitative estimate of drug-likeness (QED) is 0.517. The number of fused-ring (bicyclic) bond motifs is 1. The first-order valence-electron chi connectivity index (χ1n) is 8.82. The number of hydrogen-bond donors (Lipinski definition) is 0. The summed E-state index contributed by atoms with van der Waals surface area (Å²) in [5.41, 5.74) is 7.37. The number of hydrogen-bond acceptors (Lipinski definition) is 4. The lowest BCUT2D eigenvalue weighted by atomic mass is 10.1. The standard InChI is InChI=1S/C21H20ClN5/c1-12-9-17-18(10-13(12)2)25-21(22)19(24-17)20(16-7-5-6-8-23-16)27-15(4)11-14(3)26-27/h5-11,20H,1-4H3. The van der Waals surface area contributed by atoms with Crippen LogP contribution in [0.25, 0.3) is 11.0 Å². The first-order valence-corrected chi connectivity index (χ1v) is 9.20. The van der Waals surface area contributed by atoms with Crippen molar-refractivity contribution in [1.29, 1.82) is 0 Å². The Balaban J connectivity index is 1.99. The van der Waals surface area contributed by atoms with Crippen molar-refractivity contribution in [2.75, 3.05) is 0 Å². The van der Waals surface area contributed by atoms with Crippen LogP contribution in [-0.4, -0.2) is 24.7 Å². The predicted molar refractivity (Wildman–Crippen MR) is 107 cm³/mol. The van der Waals surface area contributed by atoms with Gasteiger partial charge >= 0.3 is 0 Å². The Morgan fingerprint density at radius 2 is 1.63 bits per heavy atom. The van der Waals surface area contributed by atoms with Gasteiger partial charge in [-0.3, -0.25) is 9.67 Å². The molecule has 27 heavy (non-hydrogen) atoms. The minimum Gasteiger partial charge on any atom is -0.259 e. The lowest BCUT2D eigenvalue weighted by molar-refractivity contribution is 0.552. The zero-order valence-corrected chi connectivity index (χ0v) is 16.5. The van der Waals surface area contributed by atoms with E-state index in [-0.39, 0.29) is 6.04 Å². The van der Waals surface area contributed by atoms with Crippen LogP contribution in [0, 0.1) is 27.7 Å². The van der Waals surface area contributed by atoms with Crippen molar-refractivity contribution >= 4 is 22.6 Å². The van der Waals surface area contributed by atoms with Gasteiger partial charge in [0, 0.05) is 11.9 Å². The summed E-state index contributed by atoms with van der Waals surface area (Å²) in [6, 6.07) is 11.6. The van der Waals surface area contributed by atoms with Crippen LogP contribution in [0.3, 0.4) is 0 Å². The molecule has 1 unspecified atom stereocenters. The number of nitrogens with zero attached hydrogens (tertiary/aromatic N) is 5. The number of rotatable bonds is 3. The van der Waals surface area contributed by atoms with E-state index >= 15 is 0 Å². The summed E-state index contributed by atoms with van der Waals surface area (Å²) in [6.45, 7) is 8.12. The largest absolute Gasteiger partial charge is 0.259 e. The fourth-order valence-electron chi connectivity index (χ4n) is 3.30. The van der Waals surface area contributed by atoms with Gasteiger partial charge in [0.15, 0.2) is 5.15 Å². The molecule has 5 nitrogen and oxygen atoms in total. The Kier molecular flexibility index (Phi) is 4.40. The lowest BCUT2D eigenvalue weighted by Crippen LogP contribution is -2.19. The average molecular weight is 378 g/mol. The molecule has 0 amide bonds. The second-order valence-electron chi connectivity index (χ2n) is 6.85. The fourth-order valence-corrected chi connectivity index (χ4v) is 3.54. The number of aromatic nitrogens is 5. The van der Waals surface area contributed by atoms with Crippen LogP contribution < -0.4 is 0 Å². The zero-order chi connectivity index (χ0) is 19.1. The topological polar surface area (TPSA) is 56.5 Å². The summed E-state index contributed by atoms with van der Waals surface area (Å²) >= 11 is 6.61. The first-order chi connectivity index (χ1) is 12.9. The van der Waals surface area contributed by atoms with Crippen molar-refractivity contribution in [3.05, 3.63) is 81.7 Å². The SMILES string of the molecule is Cc1cc(C)n(C(c2ccccn2)c2nc3cc(C)c(C)cc3nc2Cl)n1. The van der Waals surface area contributed by atoms with E-state index in [1.165, 1.54) is 11.1 Å². The summed E-state index contributed by atoms with van der Waals surface area (Å²) in [5.74, 6) is 0. The molecule has 4 rings (SSSR count). The minimum atomic E-state index is -0.342. The molecule has 0 radical (unpaired) electrons. The van der Waals surface area contributed by atoms with Crippen molar-refractivity contribution in [1.82, 2.24) is 24.7 Å². The highest BCUT2D eigenvalue weighted by atomic mass is 35.5. The molecule has 3 heterocycles. The van der Waals surface area contributed by atoms with E-state index in [0.29, 0.717) is 10.8 Å². The van der Waals surface area contributed by atoms with Crippen LogP contribution >= 0.6 is 11.6 Å². The van der Waals surface area contributed by atoms with Crippen molar-refractivity contribution in [2.24, 2.45) is 0 Å². The maximum Gasteiger partial charge on any atom is 0.153 e. The van der Waals surface area contributed by atoms with Crippen LogP contribution in [0.2, 0.25) is 5.15 Å². The first kappa shape index (κ1) is 17.6. The fraction of sp³-hybridized carbons (Fsp3) is 0.238. The van der Waals surface area contributed by atoms with Crippen LogP contribution in [-0.2, 0) is 0 Å². The van der Waals surface area contributed by atoms with Gasteiger partial charge in [-0.15, -0.1) is 0 Å². The maximum atomic E-state index is 6.61. The van der Waals surface area contributed by atoms with Gasteiger partial charge in [0.25, 0.3) is 0 Å². The summed E-state index contributed by atoms with van der Waals surface area (Å²) in [4.78, 5) is 14.1. The van der Waals surface area contributed by atoms with E-state index in [1.807, 2.05) is 54.9 Å². The Bertz CT molecular complexity index is 1130. The third-order valence-corrected chi connectivity index (χ3v) is 5.06. The molecule has 0 bridgehead atoms. The Hall–Kier alpha value is -2.79. The van der Waals surface area contributed by atoms with Gasteiger partial charge in [0.05, 0.1) is 22.4 Å². The molecule has 0 fully saturated rings. The number of aryl methyl sites for hydroxylation is 4. The van der Waals surface area contributed by atoms with E-state index in [2.05, 4.69) is 28.9 Å². The molecule has 0 N–H and O–H groups in total. The minimum absolute atomic E-state index is 0.342. The molecule has 1 aromatic carbocycles. The molecule has 0 aliphatic heterocycles. The van der Waals surface area contributed by atoms with Gasteiger partial charge in [-0.1, -0.05) is 17.7 Å². The van der Waals surface area contributed by atoms with Gasteiger partial charge in [-0.25, -0.2) is 9.97 Å². The Morgan fingerprint density at radius 3 is 2.22 bits per heavy atom. The van der Waals surface area contributed by atoms with Crippen molar-refractivity contribution in [3.63, 3.8) is 0 Å². The van der Waals surface area contributed by atoms with E-state index in [0.717, 1.165) is 28.1 Å². The van der Waals surface area contributed by atoms with Crippen molar-refractivity contribution in [2.45, 2.75) is 33.7 Å². The number of halogens is 1. The van der Waals surface area contributed by atoms with Crippen LogP contribution in [0.4, 0.5) is 0 Å². The summed E-state index contributed by atoms with van der Waals surface area (Å²) in [7, 11) is 0. The van der Waals surface area contributed by atoms with Gasteiger partial charge in [0.1, 0.15) is 11.7 Å². The van der Waals surface area contributed by atoms with E-state index in [1.54, 1.807) is 6.20 Å². The molecular weight excluding hydrogens is 358 g/mol. The van der Waals surface area contributed by atoms with Crippen LogP contribution in [0.1, 0.15) is 39.9 Å². The molecule has 3 aromatic heterocycles. The molecule has 1 atom stereocenters. The second kappa shape index (κ2) is 6.74. The Morgan fingerprint density at radius 1 is 0.926 bits per heavy atom. The van der Waals surface area contributed by atoms with E-state index < -0.39 is 0 Å².